The van der Waals surface area contributed by atoms with Gasteiger partial charge in [0.05, 0.1) is 18.6 Å². The zero-order valence-electron chi connectivity index (χ0n) is 14.6. The summed E-state index contributed by atoms with van der Waals surface area (Å²) in [7, 11) is 0. The van der Waals surface area contributed by atoms with Crippen LogP contribution in [0.4, 0.5) is 0 Å². The largest absolute Gasteiger partial charge is 0.373 e. The first kappa shape index (κ1) is 17.9. The fourth-order valence-electron chi connectivity index (χ4n) is 3.81. The molecule has 2 fully saturated rings. The molecule has 2 aliphatic heterocycles. The average molecular weight is 345 g/mol. The molecule has 3 rings (SSSR count). The third-order valence-electron chi connectivity index (χ3n) is 5.05. The number of hydrogen-bond acceptors (Lipinski definition) is 4. The van der Waals surface area contributed by atoms with Gasteiger partial charge in [-0.2, -0.15) is 0 Å². The van der Waals surface area contributed by atoms with E-state index in [1.165, 1.54) is 0 Å². The Kier molecular flexibility index (Phi) is 6.04. The number of benzene rings is 1. The third kappa shape index (κ3) is 4.58. The highest BCUT2D eigenvalue weighted by Crippen LogP contribution is 2.35. The number of ether oxygens (including phenoxy) is 1. The molecule has 2 saturated heterocycles. The molecule has 2 amide bonds. The minimum absolute atomic E-state index is 0.126. The Morgan fingerprint density at radius 3 is 2.64 bits per heavy atom. The molecular formula is C19H27N3O3. The summed E-state index contributed by atoms with van der Waals surface area (Å²) in [5, 5.41) is 0. The van der Waals surface area contributed by atoms with Gasteiger partial charge >= 0.3 is 0 Å². The van der Waals surface area contributed by atoms with Crippen LogP contribution in [0.15, 0.2) is 30.3 Å². The number of rotatable bonds is 4. The van der Waals surface area contributed by atoms with Crippen LogP contribution in [-0.4, -0.2) is 60.9 Å². The van der Waals surface area contributed by atoms with E-state index in [9.17, 15) is 9.59 Å². The lowest BCUT2D eigenvalue weighted by molar-refractivity contribution is -0.145. The van der Waals surface area contributed by atoms with Crippen LogP contribution in [0.5, 0.6) is 0 Å². The zero-order chi connectivity index (χ0) is 17.6. The Hall–Kier alpha value is -1.92. The molecule has 1 aromatic carbocycles. The molecule has 25 heavy (non-hydrogen) atoms. The smallest absolute Gasteiger partial charge is 0.231 e. The lowest BCUT2D eigenvalue weighted by atomic mass is 9.88. The molecular weight excluding hydrogens is 318 g/mol. The monoisotopic (exact) mass is 345 g/mol. The van der Waals surface area contributed by atoms with E-state index < -0.39 is 0 Å². The first-order valence-electron chi connectivity index (χ1n) is 9.11. The van der Waals surface area contributed by atoms with E-state index >= 15 is 0 Å². The molecule has 6 heteroatoms. The van der Waals surface area contributed by atoms with Crippen molar-refractivity contribution in [1.29, 1.82) is 0 Å². The summed E-state index contributed by atoms with van der Waals surface area (Å²) in [5.74, 6) is -0.266. The number of hydrogen-bond donors (Lipinski definition) is 1. The van der Waals surface area contributed by atoms with Crippen LogP contribution in [0.1, 0.15) is 30.9 Å². The Bertz CT molecular complexity index is 593. The van der Waals surface area contributed by atoms with Gasteiger partial charge in [0.1, 0.15) is 0 Å². The minimum Gasteiger partial charge on any atom is -0.373 e. The Morgan fingerprint density at radius 2 is 1.88 bits per heavy atom. The summed E-state index contributed by atoms with van der Waals surface area (Å²) < 4.78 is 5.97. The van der Waals surface area contributed by atoms with Crippen LogP contribution < -0.4 is 5.73 Å². The highest BCUT2D eigenvalue weighted by atomic mass is 16.5. The minimum atomic E-state index is -0.315. The molecule has 0 radical (unpaired) electrons. The van der Waals surface area contributed by atoms with Crippen LogP contribution in [0.2, 0.25) is 0 Å². The summed E-state index contributed by atoms with van der Waals surface area (Å²) in [6.45, 7) is 3.83. The van der Waals surface area contributed by atoms with E-state index in [-0.39, 0.29) is 30.4 Å². The second kappa shape index (κ2) is 8.45. The van der Waals surface area contributed by atoms with E-state index in [1.54, 1.807) is 0 Å². The second-order valence-electron chi connectivity index (χ2n) is 6.87. The van der Waals surface area contributed by atoms with Crippen molar-refractivity contribution < 1.29 is 14.3 Å². The summed E-state index contributed by atoms with van der Waals surface area (Å²) in [6, 6.07) is 10.0. The van der Waals surface area contributed by atoms with Gasteiger partial charge in [-0.15, -0.1) is 0 Å². The summed E-state index contributed by atoms with van der Waals surface area (Å²) >= 11 is 0. The van der Waals surface area contributed by atoms with Gasteiger partial charge in [-0.1, -0.05) is 30.3 Å². The molecule has 2 heterocycles. The molecule has 2 aliphatic rings. The van der Waals surface area contributed by atoms with Gasteiger partial charge in [-0.3, -0.25) is 14.5 Å². The SMILES string of the molecule is NC(=O)CN1CCCN(C(=O)[C@H]2CCCO[C@@H]2c2ccccc2)CC1. The molecule has 136 valence electrons. The van der Waals surface area contributed by atoms with Crippen LogP contribution >= 0.6 is 0 Å². The van der Waals surface area contributed by atoms with Gasteiger partial charge < -0.3 is 15.4 Å². The summed E-state index contributed by atoms with van der Waals surface area (Å²) in [6.07, 6.45) is 2.48. The van der Waals surface area contributed by atoms with Gasteiger partial charge in [0, 0.05) is 32.8 Å². The van der Waals surface area contributed by atoms with E-state index in [1.807, 2.05) is 40.1 Å². The Labute approximate surface area is 148 Å². The number of nitrogens with zero attached hydrogens (tertiary/aromatic N) is 2. The van der Waals surface area contributed by atoms with E-state index in [4.69, 9.17) is 10.5 Å². The fraction of sp³-hybridized carbons (Fsp3) is 0.579. The standard InChI is InChI=1S/C19H27N3O3/c20-17(23)14-21-9-5-10-22(12-11-21)19(24)16-8-4-13-25-18(16)15-6-2-1-3-7-15/h1-3,6-7,16,18H,4-5,8-14H2,(H2,20,23)/t16-,18+/m0/s1. The number of primary amides is 1. The molecule has 2 N–H and O–H groups in total. The van der Waals surface area contributed by atoms with Crippen molar-refractivity contribution in [3.05, 3.63) is 35.9 Å². The van der Waals surface area contributed by atoms with Gasteiger partial charge in [0.2, 0.25) is 11.8 Å². The van der Waals surface area contributed by atoms with Crippen molar-refractivity contribution in [2.45, 2.75) is 25.4 Å². The lowest BCUT2D eigenvalue weighted by Crippen LogP contribution is -2.43. The predicted octanol–water partition coefficient (Wildman–Crippen LogP) is 1.17. The lowest BCUT2D eigenvalue weighted by Gasteiger charge is -2.34. The van der Waals surface area contributed by atoms with Crippen molar-refractivity contribution >= 4 is 11.8 Å². The van der Waals surface area contributed by atoms with E-state index in [2.05, 4.69) is 0 Å². The van der Waals surface area contributed by atoms with Crippen LogP contribution in [0.3, 0.4) is 0 Å². The normalized spacial score (nSPS) is 25.4. The van der Waals surface area contributed by atoms with Gasteiger partial charge in [-0.25, -0.2) is 0 Å². The molecule has 0 saturated carbocycles. The Morgan fingerprint density at radius 1 is 1.08 bits per heavy atom. The highest BCUT2D eigenvalue weighted by Gasteiger charge is 2.36. The quantitative estimate of drug-likeness (QED) is 0.889. The summed E-state index contributed by atoms with van der Waals surface area (Å²) in [4.78, 5) is 28.3. The Balaban J connectivity index is 1.67. The number of carbonyl (C=O) groups is 2. The van der Waals surface area contributed by atoms with Crippen molar-refractivity contribution in [1.82, 2.24) is 9.80 Å². The van der Waals surface area contributed by atoms with Crippen molar-refractivity contribution in [2.24, 2.45) is 11.7 Å². The second-order valence-corrected chi connectivity index (χ2v) is 6.87. The predicted molar refractivity (Wildman–Crippen MR) is 94.7 cm³/mol. The molecule has 0 spiro atoms. The third-order valence-corrected chi connectivity index (χ3v) is 5.05. The molecule has 0 aliphatic carbocycles. The molecule has 2 atom stereocenters. The first-order chi connectivity index (χ1) is 12.1. The first-order valence-corrected chi connectivity index (χ1v) is 9.11. The molecule has 0 aromatic heterocycles. The van der Waals surface area contributed by atoms with Gasteiger partial charge in [0.25, 0.3) is 0 Å². The molecule has 1 aromatic rings. The van der Waals surface area contributed by atoms with Gasteiger partial charge in [0.15, 0.2) is 0 Å². The molecule has 6 nitrogen and oxygen atoms in total. The van der Waals surface area contributed by atoms with Crippen molar-refractivity contribution in [2.75, 3.05) is 39.3 Å². The molecule has 0 unspecified atom stereocenters. The average Bonchev–Trinajstić information content (AvgIpc) is 2.87. The topological polar surface area (TPSA) is 75.9 Å². The maximum atomic E-state index is 13.2. The van der Waals surface area contributed by atoms with E-state index in [0.717, 1.165) is 37.9 Å². The van der Waals surface area contributed by atoms with Crippen LogP contribution in [0, 0.1) is 5.92 Å². The maximum Gasteiger partial charge on any atom is 0.231 e. The maximum absolute atomic E-state index is 13.2. The fourth-order valence-corrected chi connectivity index (χ4v) is 3.81. The zero-order valence-corrected chi connectivity index (χ0v) is 14.6. The highest BCUT2D eigenvalue weighted by molar-refractivity contribution is 5.80. The van der Waals surface area contributed by atoms with Crippen LogP contribution in [-0.2, 0) is 14.3 Å². The van der Waals surface area contributed by atoms with E-state index in [0.29, 0.717) is 19.7 Å². The number of amides is 2. The number of carbonyl (C=O) groups excluding carboxylic acids is 2. The van der Waals surface area contributed by atoms with Crippen molar-refractivity contribution in [3.63, 3.8) is 0 Å². The van der Waals surface area contributed by atoms with Crippen molar-refractivity contribution in [3.8, 4) is 0 Å². The number of nitrogens with two attached hydrogens (primary N) is 1. The van der Waals surface area contributed by atoms with Crippen LogP contribution in [0.25, 0.3) is 0 Å². The summed E-state index contributed by atoms with van der Waals surface area (Å²) in [5.41, 5.74) is 6.37. The molecule has 0 bridgehead atoms. The van der Waals surface area contributed by atoms with Gasteiger partial charge in [-0.05, 0) is 24.8 Å².